The fourth-order valence-electron chi connectivity index (χ4n) is 2.42. The highest BCUT2D eigenvalue weighted by Crippen LogP contribution is 2.24. The Labute approximate surface area is 120 Å². The minimum Gasteiger partial charge on any atom is -0.384 e. The maximum absolute atomic E-state index is 5.72. The van der Waals surface area contributed by atoms with Gasteiger partial charge in [-0.05, 0) is 25.0 Å². The Balaban J connectivity index is 2.39. The molecule has 0 radical (unpaired) electrons. The molecule has 0 unspecified atom stereocenters. The van der Waals surface area contributed by atoms with Gasteiger partial charge in [-0.1, -0.05) is 26.7 Å². The van der Waals surface area contributed by atoms with E-state index in [9.17, 15) is 0 Å². The molecular formula is C15H23N5. The second-order valence-electron chi connectivity index (χ2n) is 5.03. The molecule has 2 aromatic heterocycles. The van der Waals surface area contributed by atoms with Crippen molar-refractivity contribution in [2.24, 2.45) is 5.92 Å². The van der Waals surface area contributed by atoms with E-state index in [1.165, 1.54) is 12.8 Å². The summed E-state index contributed by atoms with van der Waals surface area (Å²) in [5.41, 5.74) is 6.39. The molecule has 0 amide bonds. The number of anilines is 2. The lowest BCUT2D eigenvalue weighted by atomic mass is 10.0. The number of pyridine rings is 1. The van der Waals surface area contributed by atoms with Crippen molar-refractivity contribution >= 4 is 22.7 Å². The number of nitrogen functional groups attached to an aromatic ring is 1. The van der Waals surface area contributed by atoms with E-state index < -0.39 is 0 Å². The number of nitrogens with two attached hydrogens (primary N) is 1. The molecule has 0 spiro atoms. The largest absolute Gasteiger partial charge is 0.384 e. The topological polar surface area (TPSA) is 67.9 Å². The van der Waals surface area contributed by atoms with Crippen LogP contribution in [0.3, 0.4) is 0 Å². The van der Waals surface area contributed by atoms with Gasteiger partial charge in [0, 0.05) is 13.1 Å². The SMILES string of the molecule is CCC(CC)CN(CC)c1ncnc2nc(N)ccc12. The van der Waals surface area contributed by atoms with Crippen molar-refractivity contribution in [3.05, 3.63) is 18.5 Å². The van der Waals surface area contributed by atoms with E-state index >= 15 is 0 Å². The molecule has 2 N–H and O–H groups in total. The number of rotatable bonds is 6. The van der Waals surface area contributed by atoms with Crippen molar-refractivity contribution in [3.8, 4) is 0 Å². The van der Waals surface area contributed by atoms with E-state index in [0.29, 0.717) is 17.4 Å². The van der Waals surface area contributed by atoms with Crippen molar-refractivity contribution < 1.29 is 0 Å². The van der Waals surface area contributed by atoms with E-state index in [4.69, 9.17) is 5.73 Å². The third kappa shape index (κ3) is 2.98. The predicted octanol–water partition coefficient (Wildman–Crippen LogP) is 2.87. The van der Waals surface area contributed by atoms with Crippen LogP contribution in [0.4, 0.5) is 11.6 Å². The first-order chi connectivity index (χ1) is 9.69. The van der Waals surface area contributed by atoms with Gasteiger partial charge >= 0.3 is 0 Å². The third-order valence-electron chi connectivity index (χ3n) is 3.81. The standard InChI is InChI=1S/C15H23N5/c1-4-11(5-2)9-20(6-3)15-12-7-8-13(16)19-14(12)17-10-18-15/h7-8,10-11H,4-6,9H2,1-3H3,(H2,16,17,18,19). The summed E-state index contributed by atoms with van der Waals surface area (Å²) in [5, 5.41) is 0.967. The van der Waals surface area contributed by atoms with Crippen LogP contribution in [0.2, 0.25) is 0 Å². The number of aromatic nitrogens is 3. The van der Waals surface area contributed by atoms with Gasteiger partial charge in [0.15, 0.2) is 5.65 Å². The quantitative estimate of drug-likeness (QED) is 0.876. The second-order valence-corrected chi connectivity index (χ2v) is 5.03. The van der Waals surface area contributed by atoms with Crippen molar-refractivity contribution in [1.82, 2.24) is 15.0 Å². The molecule has 2 rings (SSSR count). The lowest BCUT2D eigenvalue weighted by Crippen LogP contribution is -2.30. The van der Waals surface area contributed by atoms with Crippen LogP contribution in [0.1, 0.15) is 33.6 Å². The second kappa shape index (κ2) is 6.50. The Kier molecular flexibility index (Phi) is 4.71. The zero-order chi connectivity index (χ0) is 14.5. The first-order valence-corrected chi connectivity index (χ1v) is 7.31. The van der Waals surface area contributed by atoms with Crippen molar-refractivity contribution in [2.45, 2.75) is 33.6 Å². The Morgan fingerprint density at radius 3 is 2.55 bits per heavy atom. The normalized spacial score (nSPS) is 11.2. The zero-order valence-electron chi connectivity index (χ0n) is 12.5. The Bertz CT molecular complexity index is 565. The van der Waals surface area contributed by atoms with Crippen molar-refractivity contribution in [3.63, 3.8) is 0 Å². The molecule has 0 bridgehead atoms. The van der Waals surface area contributed by atoms with E-state index in [-0.39, 0.29) is 0 Å². The zero-order valence-corrected chi connectivity index (χ0v) is 12.5. The molecule has 0 aliphatic heterocycles. The van der Waals surface area contributed by atoms with Crippen LogP contribution in [-0.2, 0) is 0 Å². The summed E-state index contributed by atoms with van der Waals surface area (Å²) in [6.45, 7) is 8.57. The molecule has 0 aromatic carbocycles. The minimum absolute atomic E-state index is 0.491. The molecule has 20 heavy (non-hydrogen) atoms. The molecule has 0 aliphatic carbocycles. The summed E-state index contributed by atoms with van der Waals surface area (Å²) in [4.78, 5) is 15.3. The van der Waals surface area contributed by atoms with Crippen LogP contribution >= 0.6 is 0 Å². The fourth-order valence-corrected chi connectivity index (χ4v) is 2.42. The molecular weight excluding hydrogens is 250 g/mol. The molecule has 5 heteroatoms. The molecule has 2 aromatic rings. The average molecular weight is 273 g/mol. The van der Waals surface area contributed by atoms with E-state index in [1.54, 1.807) is 12.4 Å². The molecule has 5 nitrogen and oxygen atoms in total. The first-order valence-electron chi connectivity index (χ1n) is 7.31. The predicted molar refractivity (Wildman–Crippen MR) is 83.7 cm³/mol. The molecule has 2 heterocycles. The van der Waals surface area contributed by atoms with Gasteiger partial charge in [-0.3, -0.25) is 0 Å². The summed E-state index contributed by atoms with van der Waals surface area (Å²) in [6, 6.07) is 3.77. The lowest BCUT2D eigenvalue weighted by Gasteiger charge is -2.27. The number of fused-ring (bicyclic) bond motifs is 1. The van der Waals surface area contributed by atoms with E-state index in [1.807, 2.05) is 6.07 Å². The highest BCUT2D eigenvalue weighted by atomic mass is 15.2. The van der Waals surface area contributed by atoms with Crippen LogP contribution in [-0.4, -0.2) is 28.0 Å². The molecule has 0 atom stereocenters. The maximum atomic E-state index is 5.72. The fraction of sp³-hybridized carbons (Fsp3) is 0.533. The monoisotopic (exact) mass is 273 g/mol. The van der Waals surface area contributed by atoms with Gasteiger partial charge in [0.1, 0.15) is 18.0 Å². The van der Waals surface area contributed by atoms with Crippen LogP contribution in [0.15, 0.2) is 18.5 Å². The van der Waals surface area contributed by atoms with Gasteiger partial charge in [0.2, 0.25) is 0 Å². The van der Waals surface area contributed by atoms with Gasteiger partial charge in [-0.15, -0.1) is 0 Å². The highest BCUT2D eigenvalue weighted by molar-refractivity contribution is 5.87. The minimum atomic E-state index is 0.491. The van der Waals surface area contributed by atoms with Crippen LogP contribution in [0.25, 0.3) is 11.0 Å². The van der Waals surface area contributed by atoms with E-state index in [2.05, 4.69) is 40.6 Å². The van der Waals surface area contributed by atoms with Gasteiger partial charge in [0.05, 0.1) is 5.39 Å². The van der Waals surface area contributed by atoms with E-state index in [0.717, 1.165) is 24.3 Å². The van der Waals surface area contributed by atoms with Gasteiger partial charge < -0.3 is 10.6 Å². The van der Waals surface area contributed by atoms with Gasteiger partial charge in [0.25, 0.3) is 0 Å². The maximum Gasteiger partial charge on any atom is 0.166 e. The number of hydrogen-bond donors (Lipinski definition) is 1. The average Bonchev–Trinajstić information content (AvgIpc) is 2.48. The van der Waals surface area contributed by atoms with Crippen LogP contribution in [0, 0.1) is 5.92 Å². The molecule has 0 saturated carbocycles. The number of hydrogen-bond acceptors (Lipinski definition) is 5. The van der Waals surface area contributed by atoms with Gasteiger partial charge in [-0.2, -0.15) is 0 Å². The lowest BCUT2D eigenvalue weighted by molar-refractivity contribution is 0.485. The molecule has 108 valence electrons. The summed E-state index contributed by atoms with van der Waals surface area (Å²) < 4.78 is 0. The smallest absolute Gasteiger partial charge is 0.166 e. The summed E-state index contributed by atoms with van der Waals surface area (Å²) in [7, 11) is 0. The first kappa shape index (κ1) is 14.5. The molecule has 0 fully saturated rings. The molecule has 0 aliphatic rings. The third-order valence-corrected chi connectivity index (χ3v) is 3.81. The van der Waals surface area contributed by atoms with Crippen LogP contribution in [0.5, 0.6) is 0 Å². The molecule has 0 saturated heterocycles. The van der Waals surface area contributed by atoms with Crippen molar-refractivity contribution in [1.29, 1.82) is 0 Å². The van der Waals surface area contributed by atoms with Crippen molar-refractivity contribution in [2.75, 3.05) is 23.7 Å². The highest BCUT2D eigenvalue weighted by Gasteiger charge is 2.15. The Hall–Kier alpha value is -1.91. The summed E-state index contributed by atoms with van der Waals surface area (Å²) >= 11 is 0. The Morgan fingerprint density at radius 1 is 1.15 bits per heavy atom. The summed E-state index contributed by atoms with van der Waals surface area (Å²) in [6.07, 6.45) is 3.93. The van der Waals surface area contributed by atoms with Crippen LogP contribution < -0.4 is 10.6 Å². The number of nitrogens with zero attached hydrogens (tertiary/aromatic N) is 4. The van der Waals surface area contributed by atoms with Gasteiger partial charge in [-0.25, -0.2) is 15.0 Å². The Morgan fingerprint density at radius 2 is 1.90 bits per heavy atom. The summed E-state index contributed by atoms with van der Waals surface area (Å²) in [5.74, 6) is 2.13.